The molecule has 0 fully saturated rings. The third kappa shape index (κ3) is 3.06. The molecule has 2 aromatic carbocycles. The lowest BCUT2D eigenvalue weighted by Crippen LogP contribution is -2.11. The van der Waals surface area contributed by atoms with Gasteiger partial charge in [0.15, 0.2) is 11.5 Å². The fourth-order valence-corrected chi connectivity index (χ4v) is 3.03. The summed E-state index contributed by atoms with van der Waals surface area (Å²) in [6, 6.07) is 18.4. The molecule has 3 heterocycles. The second-order valence-corrected chi connectivity index (χ2v) is 6.30. The standard InChI is InChI=1S/C21H13FN6O/c22-14-10-8-13(9-11-14)18-26-19-15-5-1-2-6-16(15)24-21(28(19)27-18)25-17-7-3-4-12-23-20(17)29/h1-12H,(H,23,24,25,29). The van der Waals surface area contributed by atoms with Crippen LogP contribution in [0, 0.1) is 5.82 Å². The molecule has 0 saturated carbocycles. The van der Waals surface area contributed by atoms with Crippen molar-refractivity contribution in [3.63, 3.8) is 0 Å². The summed E-state index contributed by atoms with van der Waals surface area (Å²) in [5.41, 5.74) is 1.77. The second-order valence-electron chi connectivity index (χ2n) is 6.30. The van der Waals surface area contributed by atoms with Crippen LogP contribution in [0.5, 0.6) is 0 Å². The highest BCUT2D eigenvalue weighted by molar-refractivity contribution is 5.93. The Morgan fingerprint density at radius 1 is 0.897 bits per heavy atom. The minimum atomic E-state index is -0.419. The molecular formula is C21H13FN6O. The number of anilines is 2. The number of fused-ring (bicyclic) bond motifs is 3. The molecule has 5 aromatic rings. The lowest BCUT2D eigenvalue weighted by molar-refractivity contribution is 0.628. The van der Waals surface area contributed by atoms with E-state index in [-0.39, 0.29) is 11.5 Å². The molecule has 0 saturated heterocycles. The first-order valence-electron chi connectivity index (χ1n) is 8.83. The van der Waals surface area contributed by atoms with Crippen molar-refractivity contribution in [1.82, 2.24) is 24.6 Å². The largest absolute Gasteiger partial charge is 0.319 e. The highest BCUT2D eigenvalue weighted by Crippen LogP contribution is 2.25. The summed E-state index contributed by atoms with van der Waals surface area (Å²) in [7, 11) is 0. The number of nitrogens with one attached hydrogen (secondary N) is 1. The Morgan fingerprint density at radius 3 is 2.55 bits per heavy atom. The van der Waals surface area contributed by atoms with Gasteiger partial charge in [0.2, 0.25) is 5.95 Å². The third-order valence-electron chi connectivity index (χ3n) is 4.41. The fraction of sp³-hybridized carbons (Fsp3) is 0. The van der Waals surface area contributed by atoms with Gasteiger partial charge in [0.25, 0.3) is 5.56 Å². The molecule has 0 spiro atoms. The van der Waals surface area contributed by atoms with E-state index < -0.39 is 5.56 Å². The van der Waals surface area contributed by atoms with Gasteiger partial charge in [-0.3, -0.25) is 4.79 Å². The highest BCUT2D eigenvalue weighted by Gasteiger charge is 2.15. The van der Waals surface area contributed by atoms with Gasteiger partial charge in [0.1, 0.15) is 11.5 Å². The van der Waals surface area contributed by atoms with Crippen molar-refractivity contribution in [2.45, 2.75) is 0 Å². The summed E-state index contributed by atoms with van der Waals surface area (Å²) < 4.78 is 14.8. The van der Waals surface area contributed by atoms with Crippen LogP contribution in [0.2, 0.25) is 0 Å². The topological polar surface area (TPSA) is 85.1 Å². The first kappa shape index (κ1) is 16.9. The first-order chi connectivity index (χ1) is 14.2. The summed E-state index contributed by atoms with van der Waals surface area (Å²) >= 11 is 0. The van der Waals surface area contributed by atoms with Crippen LogP contribution in [0.1, 0.15) is 0 Å². The van der Waals surface area contributed by atoms with Crippen LogP contribution in [0.4, 0.5) is 16.0 Å². The SMILES string of the molecule is O=c1nccccc1Nc1nc2ccccc2c2nc(-c3ccc(F)cc3)nn12. The summed E-state index contributed by atoms with van der Waals surface area (Å²) in [6.07, 6.45) is 1.43. The van der Waals surface area contributed by atoms with Gasteiger partial charge >= 0.3 is 0 Å². The maximum absolute atomic E-state index is 13.3. The molecule has 8 heteroatoms. The summed E-state index contributed by atoms with van der Waals surface area (Å²) in [4.78, 5) is 25.3. The number of hydrogen-bond acceptors (Lipinski definition) is 6. The molecule has 29 heavy (non-hydrogen) atoms. The van der Waals surface area contributed by atoms with Gasteiger partial charge in [-0.2, -0.15) is 4.52 Å². The Labute approximate surface area is 163 Å². The average molecular weight is 384 g/mol. The molecule has 5 rings (SSSR count). The molecule has 0 aliphatic carbocycles. The van der Waals surface area contributed by atoms with Gasteiger partial charge in [0, 0.05) is 17.1 Å². The summed E-state index contributed by atoms with van der Waals surface area (Å²) in [6.45, 7) is 0. The zero-order valence-electron chi connectivity index (χ0n) is 15.0. The molecule has 0 aliphatic rings. The lowest BCUT2D eigenvalue weighted by atomic mass is 10.2. The van der Waals surface area contributed by atoms with Crippen molar-refractivity contribution >= 4 is 28.2 Å². The minimum absolute atomic E-state index is 0.262. The van der Waals surface area contributed by atoms with Gasteiger partial charge in [-0.05, 0) is 48.5 Å². The zero-order valence-corrected chi connectivity index (χ0v) is 15.0. The van der Waals surface area contributed by atoms with E-state index in [9.17, 15) is 9.18 Å². The van der Waals surface area contributed by atoms with Crippen LogP contribution < -0.4 is 10.9 Å². The number of rotatable bonds is 3. The Balaban J connectivity index is 1.75. The Bertz CT molecular complexity index is 1410. The van der Waals surface area contributed by atoms with Crippen molar-refractivity contribution in [2.75, 3.05) is 5.32 Å². The molecule has 1 N–H and O–H groups in total. The molecule has 7 nitrogen and oxygen atoms in total. The molecule has 3 aromatic heterocycles. The molecule has 0 amide bonds. The van der Waals surface area contributed by atoms with E-state index in [1.807, 2.05) is 24.3 Å². The number of para-hydroxylation sites is 1. The van der Waals surface area contributed by atoms with Crippen LogP contribution in [0.3, 0.4) is 0 Å². The Morgan fingerprint density at radius 2 is 1.69 bits per heavy atom. The van der Waals surface area contributed by atoms with Gasteiger partial charge in [-0.1, -0.05) is 18.2 Å². The van der Waals surface area contributed by atoms with E-state index in [1.165, 1.54) is 22.8 Å². The monoisotopic (exact) mass is 384 g/mol. The first-order valence-corrected chi connectivity index (χ1v) is 8.83. The fourth-order valence-electron chi connectivity index (χ4n) is 3.03. The second kappa shape index (κ2) is 6.75. The van der Waals surface area contributed by atoms with E-state index in [2.05, 4.69) is 25.4 Å². The maximum Gasteiger partial charge on any atom is 0.293 e. The lowest BCUT2D eigenvalue weighted by Gasteiger charge is -2.07. The van der Waals surface area contributed by atoms with Gasteiger partial charge in [0.05, 0.1) is 5.52 Å². The quantitative estimate of drug-likeness (QED) is 0.512. The van der Waals surface area contributed by atoms with Crippen molar-refractivity contribution in [2.24, 2.45) is 0 Å². The summed E-state index contributed by atoms with van der Waals surface area (Å²) in [5, 5.41) is 8.36. The van der Waals surface area contributed by atoms with E-state index in [1.54, 1.807) is 30.3 Å². The van der Waals surface area contributed by atoms with E-state index in [0.29, 0.717) is 28.5 Å². The van der Waals surface area contributed by atoms with E-state index in [0.717, 1.165) is 5.39 Å². The number of hydrogen-bond donors (Lipinski definition) is 1. The third-order valence-corrected chi connectivity index (χ3v) is 4.41. The maximum atomic E-state index is 13.3. The molecule has 0 radical (unpaired) electrons. The van der Waals surface area contributed by atoms with E-state index >= 15 is 0 Å². The van der Waals surface area contributed by atoms with Crippen LogP contribution in [-0.4, -0.2) is 24.6 Å². The van der Waals surface area contributed by atoms with E-state index in [4.69, 9.17) is 0 Å². The molecule has 140 valence electrons. The van der Waals surface area contributed by atoms with Crippen LogP contribution in [-0.2, 0) is 0 Å². The number of benzene rings is 2. The van der Waals surface area contributed by atoms with Gasteiger partial charge in [-0.15, -0.1) is 5.10 Å². The molecule has 0 bridgehead atoms. The smallest absolute Gasteiger partial charge is 0.293 e. The Hall–Kier alpha value is -4.20. The van der Waals surface area contributed by atoms with Gasteiger partial charge < -0.3 is 5.32 Å². The van der Waals surface area contributed by atoms with Crippen LogP contribution >= 0.6 is 0 Å². The van der Waals surface area contributed by atoms with Crippen molar-refractivity contribution in [3.8, 4) is 11.4 Å². The molecule has 0 unspecified atom stereocenters. The molecule has 0 atom stereocenters. The van der Waals surface area contributed by atoms with Crippen LogP contribution in [0.15, 0.2) is 77.7 Å². The van der Waals surface area contributed by atoms with Crippen molar-refractivity contribution < 1.29 is 4.39 Å². The zero-order chi connectivity index (χ0) is 19.8. The minimum Gasteiger partial charge on any atom is -0.319 e. The molecular weight excluding hydrogens is 371 g/mol. The molecule has 0 aliphatic heterocycles. The number of halogens is 1. The average Bonchev–Trinajstić information content (AvgIpc) is 3.09. The number of nitrogens with zero attached hydrogens (tertiary/aromatic N) is 5. The predicted molar refractivity (Wildman–Crippen MR) is 107 cm³/mol. The predicted octanol–water partition coefficient (Wildman–Crippen LogP) is 3.58. The summed E-state index contributed by atoms with van der Waals surface area (Å²) in [5.74, 6) is 0.411. The van der Waals surface area contributed by atoms with Gasteiger partial charge in [-0.25, -0.2) is 19.3 Å². The normalized spacial score (nSPS) is 11.1. The number of aromatic nitrogens is 5. The van der Waals surface area contributed by atoms with Crippen molar-refractivity contribution in [3.05, 3.63) is 89.1 Å². The highest BCUT2D eigenvalue weighted by atomic mass is 19.1. The van der Waals surface area contributed by atoms with Crippen molar-refractivity contribution in [1.29, 1.82) is 0 Å². The Kier molecular flexibility index (Phi) is 3.94. The van der Waals surface area contributed by atoms with Crippen LogP contribution in [0.25, 0.3) is 27.9 Å².